The smallest absolute Gasteiger partial charge is 0.341 e. The van der Waals surface area contributed by atoms with E-state index in [0.29, 0.717) is 31.3 Å². The first-order valence-corrected chi connectivity index (χ1v) is 13.6. The number of aromatic nitrogens is 2. The van der Waals surface area contributed by atoms with Crippen LogP contribution in [0.4, 0.5) is 0 Å². The topological polar surface area (TPSA) is 73.7 Å². The number of likely N-dealkylation sites (tertiary alicyclic amines) is 1. The second-order valence-electron chi connectivity index (χ2n) is 10.1. The summed E-state index contributed by atoms with van der Waals surface area (Å²) in [5.74, 6) is 0.203. The zero-order valence-electron chi connectivity index (χ0n) is 21.4. The van der Waals surface area contributed by atoms with E-state index in [0.717, 1.165) is 68.4 Å². The van der Waals surface area contributed by atoms with Crippen LogP contribution in [0.1, 0.15) is 86.3 Å². The van der Waals surface area contributed by atoms with Crippen LogP contribution in [0.5, 0.6) is 0 Å². The highest BCUT2D eigenvalue weighted by Crippen LogP contribution is 2.43. The number of rotatable bonds is 9. The Bertz CT molecular complexity index is 1130. The maximum Gasteiger partial charge on any atom is 0.341 e. The number of allylic oxidation sites excluding steroid dienone is 1. The Morgan fingerprint density at radius 3 is 2.72 bits per heavy atom. The number of hydrogen-bond donors (Lipinski definition) is 0. The van der Waals surface area contributed by atoms with Gasteiger partial charge in [-0.1, -0.05) is 18.2 Å². The SMILES string of the molecule is CCOC[C@@H]1CCCN1C(=O)C1C=C(c2cccc(-n3ncc(C(=O)OCC)c3C3CC3)c2)CCC1. The van der Waals surface area contributed by atoms with E-state index in [1.165, 1.54) is 5.57 Å². The molecule has 1 aromatic heterocycles. The van der Waals surface area contributed by atoms with Crippen molar-refractivity contribution < 1.29 is 19.1 Å². The second-order valence-corrected chi connectivity index (χ2v) is 10.1. The lowest BCUT2D eigenvalue weighted by Crippen LogP contribution is -2.41. The van der Waals surface area contributed by atoms with Gasteiger partial charge in [-0.05, 0) is 82.1 Å². The van der Waals surface area contributed by atoms with Crippen LogP contribution < -0.4 is 0 Å². The molecule has 1 aromatic carbocycles. The molecule has 36 heavy (non-hydrogen) atoms. The highest BCUT2D eigenvalue weighted by atomic mass is 16.5. The minimum atomic E-state index is -0.303. The molecular weight excluding hydrogens is 454 g/mol. The van der Waals surface area contributed by atoms with Crippen LogP contribution in [0.15, 0.2) is 36.5 Å². The second kappa shape index (κ2) is 11.0. The highest BCUT2D eigenvalue weighted by Gasteiger charge is 2.35. The van der Waals surface area contributed by atoms with E-state index < -0.39 is 0 Å². The molecule has 2 aromatic rings. The summed E-state index contributed by atoms with van der Waals surface area (Å²) in [6.45, 7) is 6.32. The zero-order valence-corrected chi connectivity index (χ0v) is 21.4. The summed E-state index contributed by atoms with van der Waals surface area (Å²) >= 11 is 0. The molecule has 192 valence electrons. The normalized spacial score (nSPS) is 21.9. The van der Waals surface area contributed by atoms with Gasteiger partial charge in [0.05, 0.1) is 42.8 Å². The van der Waals surface area contributed by atoms with E-state index in [2.05, 4.69) is 28.2 Å². The summed E-state index contributed by atoms with van der Waals surface area (Å²) in [5, 5.41) is 4.59. The number of nitrogens with zero attached hydrogens (tertiary/aromatic N) is 3. The van der Waals surface area contributed by atoms with Crippen molar-refractivity contribution in [3.8, 4) is 5.69 Å². The van der Waals surface area contributed by atoms with Gasteiger partial charge in [0, 0.05) is 19.1 Å². The molecular formula is C29H37N3O4. The Morgan fingerprint density at radius 2 is 1.94 bits per heavy atom. The Kier molecular flexibility index (Phi) is 7.56. The molecule has 5 rings (SSSR count). The van der Waals surface area contributed by atoms with Gasteiger partial charge >= 0.3 is 5.97 Å². The first kappa shape index (κ1) is 24.8. The minimum absolute atomic E-state index is 0.0817. The van der Waals surface area contributed by atoms with E-state index in [-0.39, 0.29) is 23.8 Å². The van der Waals surface area contributed by atoms with Gasteiger partial charge in [0.2, 0.25) is 5.91 Å². The van der Waals surface area contributed by atoms with Gasteiger partial charge in [-0.15, -0.1) is 0 Å². The summed E-state index contributed by atoms with van der Waals surface area (Å²) in [6, 6.07) is 8.53. The van der Waals surface area contributed by atoms with Crippen LogP contribution in [-0.2, 0) is 14.3 Å². The van der Waals surface area contributed by atoms with Gasteiger partial charge in [-0.2, -0.15) is 5.10 Å². The standard InChI is InChI=1S/C29H37N3O4/c1-3-35-19-25-12-7-15-31(25)28(33)23-10-5-8-21(16-23)22-9-6-11-24(17-22)32-27(20-13-14-20)26(18-30-32)29(34)36-4-2/h6,9,11,16-18,20,23,25H,3-5,7-8,10,12-15,19H2,1-2H3/t23?,25-/m0/s1. The van der Waals surface area contributed by atoms with E-state index in [1.807, 2.05) is 30.7 Å². The molecule has 0 spiro atoms. The highest BCUT2D eigenvalue weighted by molar-refractivity contribution is 5.91. The zero-order chi connectivity index (χ0) is 25.1. The monoisotopic (exact) mass is 491 g/mol. The van der Waals surface area contributed by atoms with E-state index >= 15 is 0 Å². The number of ether oxygens (including phenoxy) is 2. The van der Waals surface area contributed by atoms with Crippen LogP contribution >= 0.6 is 0 Å². The molecule has 2 atom stereocenters. The summed E-state index contributed by atoms with van der Waals surface area (Å²) < 4.78 is 12.8. The Labute approximate surface area is 213 Å². The average Bonchev–Trinajstić information content (AvgIpc) is 3.47. The predicted octanol–water partition coefficient (Wildman–Crippen LogP) is 5.14. The van der Waals surface area contributed by atoms with Crippen molar-refractivity contribution in [2.75, 3.05) is 26.4 Å². The fourth-order valence-electron chi connectivity index (χ4n) is 5.64. The summed E-state index contributed by atoms with van der Waals surface area (Å²) in [4.78, 5) is 28.0. The molecule has 0 N–H and O–H groups in total. The van der Waals surface area contributed by atoms with Crippen molar-refractivity contribution in [1.82, 2.24) is 14.7 Å². The molecule has 7 heteroatoms. The van der Waals surface area contributed by atoms with Crippen molar-refractivity contribution in [3.05, 3.63) is 53.4 Å². The van der Waals surface area contributed by atoms with E-state index in [9.17, 15) is 9.59 Å². The first-order valence-electron chi connectivity index (χ1n) is 13.6. The number of carbonyl (C=O) groups is 2. The van der Waals surface area contributed by atoms with E-state index in [4.69, 9.17) is 9.47 Å². The molecule has 0 bridgehead atoms. The van der Waals surface area contributed by atoms with E-state index in [1.54, 1.807) is 6.20 Å². The molecule has 2 aliphatic carbocycles. The van der Waals surface area contributed by atoms with Gasteiger partial charge in [0.15, 0.2) is 0 Å². The Balaban J connectivity index is 1.39. The number of esters is 1. The van der Waals surface area contributed by atoms with Crippen LogP contribution in [-0.4, -0.2) is 59.0 Å². The number of carbonyl (C=O) groups excluding carboxylic acids is 2. The van der Waals surface area contributed by atoms with Crippen molar-refractivity contribution in [1.29, 1.82) is 0 Å². The largest absolute Gasteiger partial charge is 0.462 e. The summed E-state index contributed by atoms with van der Waals surface area (Å²) in [6.07, 6.45) is 10.9. The maximum absolute atomic E-state index is 13.5. The third-order valence-corrected chi connectivity index (χ3v) is 7.58. The maximum atomic E-state index is 13.5. The first-order chi connectivity index (χ1) is 17.6. The molecule has 3 aliphatic rings. The lowest BCUT2D eigenvalue weighted by molar-refractivity contribution is -0.136. The molecule has 1 saturated carbocycles. The molecule has 1 amide bonds. The lowest BCUT2D eigenvalue weighted by Gasteiger charge is -2.30. The summed E-state index contributed by atoms with van der Waals surface area (Å²) in [7, 11) is 0. The van der Waals surface area contributed by atoms with Crippen LogP contribution in [0.25, 0.3) is 11.3 Å². The van der Waals surface area contributed by atoms with Crippen LogP contribution in [0, 0.1) is 5.92 Å². The number of amides is 1. The van der Waals surface area contributed by atoms with Crippen molar-refractivity contribution in [2.24, 2.45) is 5.92 Å². The van der Waals surface area contributed by atoms with Crippen LogP contribution in [0.2, 0.25) is 0 Å². The fourth-order valence-corrected chi connectivity index (χ4v) is 5.64. The summed E-state index contributed by atoms with van der Waals surface area (Å²) in [5.41, 5.74) is 4.79. The van der Waals surface area contributed by atoms with Crippen molar-refractivity contribution in [2.45, 2.75) is 70.8 Å². The molecule has 2 heterocycles. The number of benzene rings is 1. The number of hydrogen-bond acceptors (Lipinski definition) is 5. The molecule has 7 nitrogen and oxygen atoms in total. The van der Waals surface area contributed by atoms with Gasteiger partial charge < -0.3 is 14.4 Å². The molecule has 1 unspecified atom stereocenters. The third-order valence-electron chi connectivity index (χ3n) is 7.58. The molecule has 1 aliphatic heterocycles. The lowest BCUT2D eigenvalue weighted by atomic mass is 9.86. The average molecular weight is 492 g/mol. The molecule has 2 fully saturated rings. The quantitative estimate of drug-likeness (QED) is 0.454. The van der Waals surface area contributed by atoms with Crippen molar-refractivity contribution >= 4 is 17.4 Å². The fraction of sp³-hybridized carbons (Fsp3) is 0.552. The Hall–Kier alpha value is -2.93. The van der Waals surface area contributed by atoms with Gasteiger partial charge in [0.25, 0.3) is 0 Å². The van der Waals surface area contributed by atoms with Crippen molar-refractivity contribution in [3.63, 3.8) is 0 Å². The van der Waals surface area contributed by atoms with Crippen LogP contribution in [0.3, 0.4) is 0 Å². The van der Waals surface area contributed by atoms with Gasteiger partial charge in [-0.3, -0.25) is 4.79 Å². The van der Waals surface area contributed by atoms with Gasteiger partial charge in [0.1, 0.15) is 5.56 Å². The molecule has 0 radical (unpaired) electrons. The Morgan fingerprint density at radius 1 is 1.08 bits per heavy atom. The predicted molar refractivity (Wildman–Crippen MR) is 138 cm³/mol. The van der Waals surface area contributed by atoms with Gasteiger partial charge in [-0.25, -0.2) is 9.48 Å². The minimum Gasteiger partial charge on any atom is -0.462 e. The molecule has 1 saturated heterocycles. The third kappa shape index (κ3) is 5.12.